The summed E-state index contributed by atoms with van der Waals surface area (Å²) in [6.45, 7) is 5.95. The van der Waals surface area contributed by atoms with Gasteiger partial charge in [0, 0.05) is 23.2 Å². The van der Waals surface area contributed by atoms with Gasteiger partial charge in [-0.05, 0) is 67.8 Å². The quantitative estimate of drug-likeness (QED) is 0.416. The third-order valence-corrected chi connectivity index (χ3v) is 7.43. The SMILES string of the molecule is CCC(c1ccccc1)N(Cc1ccc(C(=O)NC(C)C)cc1)S(=O)(=O)c1ccc(Cl)cc1. The van der Waals surface area contributed by atoms with Gasteiger partial charge >= 0.3 is 0 Å². The summed E-state index contributed by atoms with van der Waals surface area (Å²) < 4.78 is 29.0. The number of hydrogen-bond donors (Lipinski definition) is 1. The Balaban J connectivity index is 1.98. The minimum absolute atomic E-state index is 0.0355. The summed E-state index contributed by atoms with van der Waals surface area (Å²) in [5.74, 6) is -0.155. The Morgan fingerprint density at radius 1 is 0.939 bits per heavy atom. The number of carbonyl (C=O) groups excluding carboxylic acids is 1. The van der Waals surface area contributed by atoms with Gasteiger partial charge in [-0.1, -0.05) is 61.0 Å². The van der Waals surface area contributed by atoms with E-state index in [4.69, 9.17) is 11.6 Å². The van der Waals surface area contributed by atoms with Crippen LogP contribution in [0.15, 0.2) is 83.8 Å². The molecule has 7 heteroatoms. The van der Waals surface area contributed by atoms with E-state index in [0.29, 0.717) is 17.0 Å². The Morgan fingerprint density at radius 2 is 1.55 bits per heavy atom. The van der Waals surface area contributed by atoms with Crippen LogP contribution in [0, 0.1) is 0 Å². The molecule has 1 N–H and O–H groups in total. The second kappa shape index (κ2) is 11.0. The minimum atomic E-state index is -3.82. The topological polar surface area (TPSA) is 66.5 Å². The fourth-order valence-electron chi connectivity index (χ4n) is 3.67. The van der Waals surface area contributed by atoms with Gasteiger partial charge in [-0.2, -0.15) is 4.31 Å². The van der Waals surface area contributed by atoms with Gasteiger partial charge in [-0.15, -0.1) is 0 Å². The molecule has 0 aliphatic carbocycles. The van der Waals surface area contributed by atoms with Crippen molar-refractivity contribution in [3.05, 3.63) is 101 Å². The lowest BCUT2D eigenvalue weighted by molar-refractivity contribution is 0.0943. The highest BCUT2D eigenvalue weighted by Crippen LogP contribution is 2.32. The fourth-order valence-corrected chi connectivity index (χ4v) is 5.47. The largest absolute Gasteiger partial charge is 0.350 e. The van der Waals surface area contributed by atoms with Crippen molar-refractivity contribution < 1.29 is 13.2 Å². The van der Waals surface area contributed by atoms with Gasteiger partial charge in [0.2, 0.25) is 10.0 Å². The van der Waals surface area contributed by atoms with Gasteiger partial charge in [0.25, 0.3) is 5.91 Å². The smallest absolute Gasteiger partial charge is 0.251 e. The summed E-state index contributed by atoms with van der Waals surface area (Å²) in [6, 6.07) is 22.6. The highest BCUT2D eigenvalue weighted by molar-refractivity contribution is 7.89. The zero-order valence-electron chi connectivity index (χ0n) is 19.0. The Hall–Kier alpha value is -2.67. The molecule has 0 spiro atoms. The first-order chi connectivity index (χ1) is 15.7. The monoisotopic (exact) mass is 484 g/mol. The number of nitrogens with one attached hydrogen (secondary N) is 1. The molecule has 0 saturated carbocycles. The maximum Gasteiger partial charge on any atom is 0.251 e. The average Bonchev–Trinajstić information content (AvgIpc) is 2.80. The molecule has 1 atom stereocenters. The van der Waals surface area contributed by atoms with Crippen LogP contribution >= 0.6 is 11.6 Å². The van der Waals surface area contributed by atoms with Crippen LogP contribution in [0.25, 0.3) is 0 Å². The van der Waals surface area contributed by atoms with Crippen LogP contribution in [0.4, 0.5) is 0 Å². The molecule has 3 aromatic carbocycles. The van der Waals surface area contributed by atoms with Gasteiger partial charge in [0.1, 0.15) is 0 Å². The van der Waals surface area contributed by atoms with E-state index in [1.807, 2.05) is 51.1 Å². The van der Waals surface area contributed by atoms with Crippen molar-refractivity contribution in [3.8, 4) is 0 Å². The van der Waals surface area contributed by atoms with E-state index in [1.165, 1.54) is 16.4 Å². The Labute approximate surface area is 201 Å². The molecule has 0 radical (unpaired) electrons. The number of hydrogen-bond acceptors (Lipinski definition) is 3. The van der Waals surface area contributed by atoms with Crippen LogP contribution in [0.3, 0.4) is 0 Å². The van der Waals surface area contributed by atoms with Gasteiger partial charge < -0.3 is 5.32 Å². The molecule has 3 rings (SSSR count). The van der Waals surface area contributed by atoms with Crippen molar-refractivity contribution in [1.29, 1.82) is 0 Å². The van der Waals surface area contributed by atoms with Gasteiger partial charge in [-0.25, -0.2) is 8.42 Å². The molecule has 0 heterocycles. The third kappa shape index (κ3) is 6.22. The molecule has 5 nitrogen and oxygen atoms in total. The minimum Gasteiger partial charge on any atom is -0.350 e. The van der Waals surface area contributed by atoms with Crippen molar-refractivity contribution in [2.45, 2.75) is 50.7 Å². The lowest BCUT2D eigenvalue weighted by Gasteiger charge is -2.31. The van der Waals surface area contributed by atoms with Gasteiger partial charge in [-0.3, -0.25) is 4.79 Å². The summed E-state index contributed by atoms with van der Waals surface area (Å²) in [5, 5.41) is 3.34. The van der Waals surface area contributed by atoms with E-state index in [2.05, 4.69) is 5.32 Å². The van der Waals surface area contributed by atoms with Crippen LogP contribution in [0.2, 0.25) is 5.02 Å². The first-order valence-corrected chi connectivity index (χ1v) is 12.8. The standard InChI is InChI=1S/C26H29ClN2O3S/c1-4-25(21-8-6-5-7-9-21)29(33(31,32)24-16-14-23(27)15-17-24)18-20-10-12-22(13-11-20)26(30)28-19(2)3/h5-17,19,25H,4,18H2,1-3H3,(H,28,30). The zero-order chi connectivity index (χ0) is 24.0. The van der Waals surface area contributed by atoms with Crippen molar-refractivity contribution in [2.75, 3.05) is 0 Å². The first-order valence-electron chi connectivity index (χ1n) is 10.9. The zero-order valence-corrected chi connectivity index (χ0v) is 20.6. The molecule has 0 fully saturated rings. The summed E-state index contributed by atoms with van der Waals surface area (Å²) in [4.78, 5) is 12.5. The normalized spacial score (nSPS) is 12.7. The van der Waals surface area contributed by atoms with E-state index in [9.17, 15) is 13.2 Å². The van der Waals surface area contributed by atoms with Crippen molar-refractivity contribution >= 4 is 27.5 Å². The predicted octanol–water partition coefficient (Wildman–Crippen LogP) is 5.82. The van der Waals surface area contributed by atoms with Crippen LogP contribution in [0.5, 0.6) is 0 Å². The molecule has 174 valence electrons. The highest BCUT2D eigenvalue weighted by atomic mass is 35.5. The number of benzene rings is 3. The van der Waals surface area contributed by atoms with Gasteiger partial charge in [0.15, 0.2) is 0 Å². The Morgan fingerprint density at radius 3 is 2.09 bits per heavy atom. The second-order valence-corrected chi connectivity index (χ2v) is 10.5. The average molecular weight is 485 g/mol. The van der Waals surface area contributed by atoms with Crippen molar-refractivity contribution in [2.24, 2.45) is 0 Å². The lowest BCUT2D eigenvalue weighted by atomic mass is 10.0. The van der Waals surface area contributed by atoms with Crippen LogP contribution in [0.1, 0.15) is 54.7 Å². The molecule has 0 bridgehead atoms. The molecule has 1 amide bonds. The highest BCUT2D eigenvalue weighted by Gasteiger charge is 2.31. The summed E-state index contributed by atoms with van der Waals surface area (Å²) in [5.41, 5.74) is 2.25. The van der Waals surface area contributed by atoms with E-state index >= 15 is 0 Å². The van der Waals surface area contributed by atoms with E-state index in [-0.39, 0.29) is 29.4 Å². The molecule has 0 aromatic heterocycles. The molecule has 0 saturated heterocycles. The van der Waals surface area contributed by atoms with Crippen LogP contribution in [-0.2, 0) is 16.6 Å². The maximum absolute atomic E-state index is 13.7. The number of nitrogens with zero attached hydrogens (tertiary/aromatic N) is 1. The molecule has 1 unspecified atom stereocenters. The third-order valence-electron chi connectivity index (χ3n) is 5.31. The summed E-state index contributed by atoms with van der Waals surface area (Å²) in [6.07, 6.45) is 0.603. The maximum atomic E-state index is 13.7. The van der Waals surface area contributed by atoms with E-state index in [0.717, 1.165) is 11.1 Å². The molecule has 3 aromatic rings. The number of halogens is 1. The molecular weight excluding hydrogens is 456 g/mol. The molecule has 0 aliphatic rings. The van der Waals surface area contributed by atoms with E-state index in [1.54, 1.807) is 36.4 Å². The second-order valence-electron chi connectivity index (χ2n) is 8.16. The van der Waals surface area contributed by atoms with Crippen molar-refractivity contribution in [1.82, 2.24) is 9.62 Å². The number of amides is 1. The molecule has 33 heavy (non-hydrogen) atoms. The Kier molecular flexibility index (Phi) is 8.30. The summed E-state index contributed by atoms with van der Waals surface area (Å²) >= 11 is 5.99. The van der Waals surface area contributed by atoms with E-state index < -0.39 is 10.0 Å². The van der Waals surface area contributed by atoms with Crippen molar-refractivity contribution in [3.63, 3.8) is 0 Å². The fraction of sp³-hybridized carbons (Fsp3) is 0.269. The predicted molar refractivity (Wildman–Crippen MR) is 133 cm³/mol. The molecule has 0 aliphatic heterocycles. The van der Waals surface area contributed by atoms with Crippen LogP contribution in [-0.4, -0.2) is 24.7 Å². The molecular formula is C26H29ClN2O3S. The lowest BCUT2D eigenvalue weighted by Crippen LogP contribution is -2.34. The first kappa shape index (κ1) is 25.0. The number of rotatable bonds is 9. The number of sulfonamides is 1. The van der Waals surface area contributed by atoms with Gasteiger partial charge in [0.05, 0.1) is 10.9 Å². The van der Waals surface area contributed by atoms with Crippen LogP contribution < -0.4 is 5.32 Å². The summed E-state index contributed by atoms with van der Waals surface area (Å²) in [7, 11) is -3.82. The number of carbonyl (C=O) groups is 1. The Bertz CT molecular complexity index is 1160.